The molecule has 1 heterocycles. The van der Waals surface area contributed by atoms with Crippen LogP contribution in [0.5, 0.6) is 5.75 Å². The van der Waals surface area contributed by atoms with E-state index in [2.05, 4.69) is 0 Å². The molecule has 0 aliphatic rings. The molecule has 0 spiro atoms. The third-order valence-electron chi connectivity index (χ3n) is 2.74. The summed E-state index contributed by atoms with van der Waals surface area (Å²) in [5.74, 6) is -0.0680. The highest BCUT2D eigenvalue weighted by Gasteiger charge is 2.19. The van der Waals surface area contributed by atoms with Gasteiger partial charge in [-0.1, -0.05) is 31.3 Å². The zero-order valence-electron chi connectivity index (χ0n) is 10.4. The van der Waals surface area contributed by atoms with Crippen molar-refractivity contribution < 1.29 is 13.9 Å². The first-order chi connectivity index (χ1) is 9.00. The summed E-state index contributed by atoms with van der Waals surface area (Å²) in [5, 5.41) is 0.766. The molecular formula is C13H14N2O3S. The van der Waals surface area contributed by atoms with E-state index in [4.69, 9.17) is 32.8 Å². The Kier molecular flexibility index (Phi) is 3.71. The number of benzene rings is 1. The predicted molar refractivity (Wildman–Crippen MR) is 76.0 cm³/mol. The zero-order valence-corrected chi connectivity index (χ0v) is 11.2. The predicted octanol–water partition coefficient (Wildman–Crippen LogP) is 1.57. The van der Waals surface area contributed by atoms with Crippen molar-refractivity contribution in [1.29, 1.82) is 0 Å². The first kappa shape index (κ1) is 13.4. The van der Waals surface area contributed by atoms with E-state index in [1.54, 1.807) is 13.0 Å². The summed E-state index contributed by atoms with van der Waals surface area (Å²) in [7, 11) is 0. The summed E-state index contributed by atoms with van der Waals surface area (Å²) in [6, 6.07) is 7.32. The maximum atomic E-state index is 11.0. The van der Waals surface area contributed by atoms with Gasteiger partial charge in [0.2, 0.25) is 11.7 Å². The Hall–Kier alpha value is -2.08. The van der Waals surface area contributed by atoms with E-state index in [1.165, 1.54) is 0 Å². The Morgan fingerprint density at radius 2 is 2.11 bits per heavy atom. The number of hydrogen-bond acceptors (Lipinski definition) is 4. The highest BCUT2D eigenvalue weighted by molar-refractivity contribution is 7.80. The molecule has 6 heteroatoms. The summed E-state index contributed by atoms with van der Waals surface area (Å²) in [4.78, 5) is 11.1. The standard InChI is InChI=1S/C13H14N2O3S/c1-7(12(14)16)6-17-10-8-4-2-3-5-9(8)18-11(10)13(15)19/h2-5,7H,6H2,1H3,(H2,14,16)(H2,15,19). The molecule has 0 aliphatic heterocycles. The van der Waals surface area contributed by atoms with Crippen molar-refractivity contribution >= 4 is 34.1 Å². The summed E-state index contributed by atoms with van der Waals surface area (Å²) in [6.07, 6.45) is 0. The highest BCUT2D eigenvalue weighted by atomic mass is 32.1. The summed E-state index contributed by atoms with van der Waals surface area (Å²) >= 11 is 4.93. The van der Waals surface area contributed by atoms with E-state index in [0.717, 1.165) is 5.39 Å². The molecule has 100 valence electrons. The molecule has 1 aromatic heterocycles. The molecule has 0 fully saturated rings. The second-order valence-electron chi connectivity index (χ2n) is 4.24. The van der Waals surface area contributed by atoms with Gasteiger partial charge in [0.15, 0.2) is 5.75 Å². The van der Waals surface area contributed by atoms with E-state index >= 15 is 0 Å². The number of para-hydroxylation sites is 1. The number of furan rings is 1. The van der Waals surface area contributed by atoms with Crippen molar-refractivity contribution in [1.82, 2.24) is 0 Å². The van der Waals surface area contributed by atoms with Crippen LogP contribution in [-0.4, -0.2) is 17.5 Å². The minimum absolute atomic E-state index is 0.109. The van der Waals surface area contributed by atoms with Crippen LogP contribution < -0.4 is 16.2 Å². The molecule has 2 aromatic rings. The lowest BCUT2D eigenvalue weighted by Crippen LogP contribution is -2.26. The average Bonchev–Trinajstić information content (AvgIpc) is 2.74. The van der Waals surface area contributed by atoms with Crippen LogP contribution in [0.15, 0.2) is 28.7 Å². The quantitative estimate of drug-likeness (QED) is 0.810. The SMILES string of the molecule is CC(COc1c(C(N)=S)oc2ccccc12)C(N)=O. The lowest BCUT2D eigenvalue weighted by Gasteiger charge is -2.09. The molecule has 0 saturated carbocycles. The Morgan fingerprint density at radius 1 is 1.42 bits per heavy atom. The monoisotopic (exact) mass is 278 g/mol. The van der Waals surface area contributed by atoms with Gasteiger partial charge in [0.05, 0.1) is 17.9 Å². The molecule has 1 unspecified atom stereocenters. The second-order valence-corrected chi connectivity index (χ2v) is 4.67. The van der Waals surface area contributed by atoms with Crippen LogP contribution in [-0.2, 0) is 4.79 Å². The molecule has 0 bridgehead atoms. The van der Waals surface area contributed by atoms with Gasteiger partial charge in [0, 0.05) is 0 Å². The van der Waals surface area contributed by atoms with Crippen molar-refractivity contribution in [3.05, 3.63) is 30.0 Å². The Labute approximate surface area is 115 Å². The fourth-order valence-electron chi connectivity index (χ4n) is 1.62. The van der Waals surface area contributed by atoms with E-state index in [0.29, 0.717) is 17.1 Å². The number of hydrogen-bond donors (Lipinski definition) is 2. The van der Waals surface area contributed by atoms with Crippen LogP contribution >= 0.6 is 12.2 Å². The number of carbonyl (C=O) groups excluding carboxylic acids is 1. The normalized spacial score (nSPS) is 12.3. The zero-order chi connectivity index (χ0) is 14.0. The Morgan fingerprint density at radius 3 is 2.74 bits per heavy atom. The van der Waals surface area contributed by atoms with Gasteiger partial charge in [-0.2, -0.15) is 0 Å². The molecule has 0 radical (unpaired) electrons. The molecule has 0 aliphatic carbocycles. The van der Waals surface area contributed by atoms with Crippen LogP contribution in [0.25, 0.3) is 11.0 Å². The fourth-order valence-corrected chi connectivity index (χ4v) is 1.75. The minimum Gasteiger partial charge on any atom is -0.488 e. The van der Waals surface area contributed by atoms with Crippen LogP contribution in [0.3, 0.4) is 0 Å². The number of fused-ring (bicyclic) bond motifs is 1. The van der Waals surface area contributed by atoms with E-state index in [1.807, 2.05) is 18.2 Å². The Bertz CT molecular complexity index is 636. The van der Waals surface area contributed by atoms with Crippen LogP contribution in [0, 0.1) is 5.92 Å². The fraction of sp³-hybridized carbons (Fsp3) is 0.231. The van der Waals surface area contributed by atoms with Gasteiger partial charge >= 0.3 is 0 Å². The molecule has 1 atom stereocenters. The van der Waals surface area contributed by atoms with Gasteiger partial charge in [-0.3, -0.25) is 4.79 Å². The van der Waals surface area contributed by atoms with Crippen LogP contribution in [0.4, 0.5) is 0 Å². The molecular weight excluding hydrogens is 264 g/mol. The van der Waals surface area contributed by atoms with Crippen molar-refractivity contribution in [3.8, 4) is 5.75 Å². The average molecular weight is 278 g/mol. The van der Waals surface area contributed by atoms with E-state index < -0.39 is 11.8 Å². The topological polar surface area (TPSA) is 91.5 Å². The molecule has 2 rings (SSSR count). The number of ether oxygens (including phenoxy) is 1. The first-order valence-electron chi connectivity index (χ1n) is 5.74. The van der Waals surface area contributed by atoms with Gasteiger partial charge in [-0.25, -0.2) is 0 Å². The van der Waals surface area contributed by atoms with E-state index in [-0.39, 0.29) is 11.6 Å². The summed E-state index contributed by atoms with van der Waals surface area (Å²) in [6.45, 7) is 1.83. The van der Waals surface area contributed by atoms with Crippen LogP contribution in [0.1, 0.15) is 12.7 Å². The van der Waals surface area contributed by atoms with Gasteiger partial charge in [-0.05, 0) is 12.1 Å². The van der Waals surface area contributed by atoms with Crippen molar-refractivity contribution in [2.24, 2.45) is 17.4 Å². The number of amides is 1. The number of nitrogens with two attached hydrogens (primary N) is 2. The highest BCUT2D eigenvalue weighted by Crippen LogP contribution is 2.33. The van der Waals surface area contributed by atoms with Crippen molar-refractivity contribution in [2.75, 3.05) is 6.61 Å². The molecule has 1 amide bonds. The number of rotatable bonds is 5. The smallest absolute Gasteiger partial charge is 0.223 e. The van der Waals surface area contributed by atoms with E-state index in [9.17, 15) is 4.79 Å². The first-order valence-corrected chi connectivity index (χ1v) is 6.15. The summed E-state index contributed by atoms with van der Waals surface area (Å²) < 4.78 is 11.2. The summed E-state index contributed by atoms with van der Waals surface area (Å²) in [5.41, 5.74) is 11.4. The lowest BCUT2D eigenvalue weighted by molar-refractivity contribution is -0.122. The van der Waals surface area contributed by atoms with Gasteiger partial charge in [-0.15, -0.1) is 0 Å². The molecule has 5 nitrogen and oxygen atoms in total. The maximum absolute atomic E-state index is 11.0. The van der Waals surface area contributed by atoms with Gasteiger partial charge < -0.3 is 20.6 Å². The number of primary amides is 1. The number of thiocarbonyl (C=S) groups is 1. The molecule has 0 saturated heterocycles. The number of carbonyl (C=O) groups is 1. The Balaban J connectivity index is 2.37. The van der Waals surface area contributed by atoms with Crippen molar-refractivity contribution in [2.45, 2.75) is 6.92 Å². The third-order valence-corrected chi connectivity index (χ3v) is 2.92. The second kappa shape index (κ2) is 5.27. The maximum Gasteiger partial charge on any atom is 0.223 e. The third kappa shape index (κ3) is 2.68. The van der Waals surface area contributed by atoms with Gasteiger partial charge in [0.25, 0.3) is 0 Å². The lowest BCUT2D eigenvalue weighted by atomic mass is 10.2. The molecule has 19 heavy (non-hydrogen) atoms. The minimum atomic E-state index is -0.426. The molecule has 1 aromatic carbocycles. The van der Waals surface area contributed by atoms with Crippen LogP contribution in [0.2, 0.25) is 0 Å². The largest absolute Gasteiger partial charge is 0.488 e. The van der Waals surface area contributed by atoms with Crippen molar-refractivity contribution in [3.63, 3.8) is 0 Å². The van der Waals surface area contributed by atoms with Gasteiger partial charge in [0.1, 0.15) is 10.6 Å². The molecule has 4 N–H and O–H groups in total.